The van der Waals surface area contributed by atoms with E-state index >= 15 is 0 Å². The van der Waals surface area contributed by atoms with Gasteiger partial charge in [-0.05, 0) is 49.6 Å². The fraction of sp³-hybridized carbons (Fsp3) is 0.278. The molecule has 1 atom stereocenters. The second-order valence-corrected chi connectivity index (χ2v) is 5.84. The summed E-state index contributed by atoms with van der Waals surface area (Å²) in [5, 5.41) is 0. The highest BCUT2D eigenvalue weighted by molar-refractivity contribution is 6.04. The van der Waals surface area contributed by atoms with E-state index in [1.54, 1.807) is 0 Å². The second kappa shape index (κ2) is 5.05. The van der Waals surface area contributed by atoms with E-state index in [1.165, 1.54) is 11.3 Å². The van der Waals surface area contributed by atoms with E-state index in [-0.39, 0.29) is 6.10 Å². The Morgan fingerprint density at radius 1 is 1.23 bits per heavy atom. The van der Waals surface area contributed by atoms with Crippen LogP contribution in [0.25, 0.3) is 0 Å². The van der Waals surface area contributed by atoms with Crippen LogP contribution in [0.4, 0.5) is 17.1 Å². The van der Waals surface area contributed by atoms with E-state index in [0.29, 0.717) is 5.69 Å². The summed E-state index contributed by atoms with van der Waals surface area (Å²) in [5.74, 6) is 1.76. The van der Waals surface area contributed by atoms with Gasteiger partial charge in [-0.25, -0.2) is 4.99 Å². The number of anilines is 2. The lowest BCUT2D eigenvalue weighted by Gasteiger charge is -2.36. The number of hydrogen-bond donors (Lipinski definition) is 1. The maximum absolute atomic E-state index is 6.04. The minimum atomic E-state index is -0.0673. The van der Waals surface area contributed by atoms with Crippen molar-refractivity contribution in [1.82, 2.24) is 0 Å². The Labute approximate surface area is 130 Å². The van der Waals surface area contributed by atoms with Gasteiger partial charge in [-0.1, -0.05) is 18.2 Å². The summed E-state index contributed by atoms with van der Waals surface area (Å²) in [5.41, 5.74) is 10.0. The van der Waals surface area contributed by atoms with Crippen LogP contribution in [0.5, 0.6) is 5.75 Å². The highest BCUT2D eigenvalue weighted by Gasteiger charge is 2.29. The highest BCUT2D eigenvalue weighted by Crippen LogP contribution is 2.37. The number of hydrogen-bond acceptors (Lipinski definition) is 4. The Balaban J connectivity index is 1.80. The van der Waals surface area contributed by atoms with Crippen LogP contribution in [-0.2, 0) is 6.42 Å². The molecule has 22 heavy (non-hydrogen) atoms. The van der Waals surface area contributed by atoms with E-state index < -0.39 is 0 Å². The van der Waals surface area contributed by atoms with Crippen molar-refractivity contribution in [2.75, 3.05) is 17.2 Å². The van der Waals surface area contributed by atoms with Crippen LogP contribution in [0.1, 0.15) is 18.9 Å². The van der Waals surface area contributed by atoms with Gasteiger partial charge in [-0.2, -0.15) is 0 Å². The molecule has 112 valence electrons. The molecule has 2 aliphatic heterocycles. The van der Waals surface area contributed by atoms with E-state index in [1.807, 2.05) is 18.2 Å². The SMILES string of the molecule is CC1Oc2ccc(N)cc2N=C1N1CCCc2ccccc21. The molecule has 0 aliphatic carbocycles. The Hall–Kier alpha value is -2.49. The van der Waals surface area contributed by atoms with Gasteiger partial charge in [0.25, 0.3) is 0 Å². The predicted molar refractivity (Wildman–Crippen MR) is 90.1 cm³/mol. The Bertz CT molecular complexity index is 754. The topological polar surface area (TPSA) is 50.9 Å². The lowest BCUT2D eigenvalue weighted by atomic mass is 10.0. The molecule has 1 unspecified atom stereocenters. The number of benzene rings is 2. The van der Waals surface area contributed by atoms with Crippen LogP contribution in [0.15, 0.2) is 47.5 Å². The van der Waals surface area contributed by atoms with Crippen LogP contribution in [0.3, 0.4) is 0 Å². The molecule has 0 aromatic heterocycles. The van der Waals surface area contributed by atoms with E-state index in [9.17, 15) is 0 Å². The average molecular weight is 293 g/mol. The molecule has 4 nitrogen and oxygen atoms in total. The van der Waals surface area contributed by atoms with Crippen molar-refractivity contribution >= 4 is 22.9 Å². The van der Waals surface area contributed by atoms with Crippen LogP contribution in [0, 0.1) is 0 Å². The molecule has 2 aromatic carbocycles. The quantitative estimate of drug-likeness (QED) is 0.756. The molecule has 2 aromatic rings. The fourth-order valence-electron chi connectivity index (χ4n) is 3.23. The zero-order valence-electron chi connectivity index (χ0n) is 12.6. The maximum Gasteiger partial charge on any atom is 0.154 e. The number of fused-ring (bicyclic) bond motifs is 2. The largest absolute Gasteiger partial charge is 0.481 e. The van der Waals surface area contributed by atoms with Crippen LogP contribution in [-0.4, -0.2) is 18.5 Å². The van der Waals surface area contributed by atoms with Gasteiger partial charge in [-0.15, -0.1) is 0 Å². The molecular formula is C18H19N3O. The number of para-hydroxylation sites is 1. The number of rotatable bonds is 0. The normalized spacial score (nSPS) is 19.8. The lowest BCUT2D eigenvalue weighted by molar-refractivity contribution is 0.280. The third-order valence-corrected chi connectivity index (χ3v) is 4.27. The molecule has 0 saturated heterocycles. The van der Waals surface area contributed by atoms with Crippen molar-refractivity contribution in [2.45, 2.75) is 25.9 Å². The smallest absolute Gasteiger partial charge is 0.154 e. The molecule has 2 N–H and O–H groups in total. The predicted octanol–water partition coefficient (Wildman–Crippen LogP) is 3.53. The van der Waals surface area contributed by atoms with Crippen molar-refractivity contribution in [3.8, 4) is 5.75 Å². The summed E-state index contributed by atoms with van der Waals surface area (Å²) in [7, 11) is 0. The first-order chi connectivity index (χ1) is 10.7. The summed E-state index contributed by atoms with van der Waals surface area (Å²) in [6.07, 6.45) is 2.19. The fourth-order valence-corrected chi connectivity index (χ4v) is 3.23. The molecule has 2 aliphatic rings. The van der Waals surface area contributed by atoms with Crippen molar-refractivity contribution in [2.24, 2.45) is 4.99 Å². The molecule has 0 spiro atoms. The van der Waals surface area contributed by atoms with Gasteiger partial charge in [0.05, 0.1) is 0 Å². The first-order valence-corrected chi connectivity index (χ1v) is 7.72. The number of nitrogens with two attached hydrogens (primary N) is 1. The summed E-state index contributed by atoms with van der Waals surface area (Å²) in [6.45, 7) is 3.02. The molecule has 4 heteroatoms. The first kappa shape index (κ1) is 13.2. The first-order valence-electron chi connectivity index (χ1n) is 7.72. The Morgan fingerprint density at radius 2 is 2.09 bits per heavy atom. The Kier molecular flexibility index (Phi) is 3.03. The van der Waals surface area contributed by atoms with Gasteiger partial charge < -0.3 is 15.4 Å². The Morgan fingerprint density at radius 3 is 3.00 bits per heavy atom. The number of aryl methyl sites for hydroxylation is 1. The summed E-state index contributed by atoms with van der Waals surface area (Å²) in [4.78, 5) is 7.13. The zero-order valence-corrected chi connectivity index (χ0v) is 12.6. The van der Waals surface area contributed by atoms with Crippen LogP contribution in [0.2, 0.25) is 0 Å². The lowest BCUT2D eigenvalue weighted by Crippen LogP contribution is -2.44. The molecule has 0 fully saturated rings. The number of nitrogen functional groups attached to an aromatic ring is 1. The third-order valence-electron chi connectivity index (χ3n) is 4.27. The van der Waals surface area contributed by atoms with E-state index in [0.717, 1.165) is 36.7 Å². The van der Waals surface area contributed by atoms with Gasteiger partial charge in [0.1, 0.15) is 11.4 Å². The molecule has 0 radical (unpaired) electrons. The standard InChI is InChI=1S/C18H19N3O/c1-12-18(20-15-11-14(19)8-9-17(15)22-12)21-10-4-6-13-5-2-3-7-16(13)21/h2-3,5,7-9,11-12H,4,6,10,19H2,1H3. The molecule has 0 saturated carbocycles. The summed E-state index contributed by atoms with van der Waals surface area (Å²) >= 11 is 0. The molecule has 4 rings (SSSR count). The molecule has 0 amide bonds. The maximum atomic E-state index is 6.04. The van der Waals surface area contributed by atoms with Gasteiger partial charge in [-0.3, -0.25) is 0 Å². The minimum Gasteiger partial charge on any atom is -0.481 e. The number of aliphatic imine (C=N–C) groups is 1. The number of amidine groups is 1. The van der Waals surface area contributed by atoms with Crippen molar-refractivity contribution in [3.63, 3.8) is 0 Å². The highest BCUT2D eigenvalue weighted by atomic mass is 16.5. The molecule has 0 bridgehead atoms. The monoisotopic (exact) mass is 293 g/mol. The van der Waals surface area contributed by atoms with Crippen molar-refractivity contribution in [1.29, 1.82) is 0 Å². The van der Waals surface area contributed by atoms with Crippen molar-refractivity contribution < 1.29 is 4.74 Å². The molecule has 2 heterocycles. The van der Waals surface area contributed by atoms with Gasteiger partial charge in [0.15, 0.2) is 11.9 Å². The van der Waals surface area contributed by atoms with Gasteiger partial charge in [0.2, 0.25) is 0 Å². The zero-order chi connectivity index (χ0) is 15.1. The van der Waals surface area contributed by atoms with E-state index in [2.05, 4.69) is 36.1 Å². The number of ether oxygens (including phenoxy) is 1. The van der Waals surface area contributed by atoms with Crippen molar-refractivity contribution in [3.05, 3.63) is 48.0 Å². The minimum absolute atomic E-state index is 0.0673. The molecular weight excluding hydrogens is 274 g/mol. The number of nitrogens with zero attached hydrogens (tertiary/aromatic N) is 2. The average Bonchev–Trinajstić information content (AvgIpc) is 2.54. The van der Waals surface area contributed by atoms with Crippen LogP contribution < -0.4 is 15.4 Å². The third kappa shape index (κ3) is 2.11. The second-order valence-electron chi connectivity index (χ2n) is 5.84. The summed E-state index contributed by atoms with van der Waals surface area (Å²) < 4.78 is 6.04. The summed E-state index contributed by atoms with van der Waals surface area (Å²) in [6, 6.07) is 14.2. The van der Waals surface area contributed by atoms with E-state index in [4.69, 9.17) is 15.5 Å². The van der Waals surface area contributed by atoms with Gasteiger partial charge >= 0.3 is 0 Å². The van der Waals surface area contributed by atoms with Crippen LogP contribution >= 0.6 is 0 Å². The van der Waals surface area contributed by atoms with Gasteiger partial charge in [0, 0.05) is 17.9 Å².